The number of aliphatic hydroxyl groups is 1. The number of carbonyl (C=O) groups excluding carboxylic acids is 1. The largest absolute Gasteiger partial charge is 0.393 e. The zero-order valence-electron chi connectivity index (χ0n) is 15.5. The molecule has 1 amide bonds. The molecule has 3 unspecified atom stereocenters. The molecular formula is C20H29N3O2. The molecule has 0 aliphatic carbocycles. The minimum atomic E-state index is -0.361. The summed E-state index contributed by atoms with van der Waals surface area (Å²) < 4.78 is 0. The maximum atomic E-state index is 13.2. The Hall–Kier alpha value is -1.90. The van der Waals surface area contributed by atoms with Gasteiger partial charge < -0.3 is 10.0 Å². The number of aliphatic hydroxyl groups excluding tert-OH is 1. The lowest BCUT2D eigenvalue weighted by Crippen LogP contribution is -2.49. The van der Waals surface area contributed by atoms with Gasteiger partial charge in [0.2, 0.25) is 5.91 Å². The number of hydrogen-bond donors (Lipinski definition) is 1. The number of aryl methyl sites for hydroxylation is 1. The van der Waals surface area contributed by atoms with Crippen LogP contribution >= 0.6 is 0 Å². The molecule has 1 aliphatic rings. The number of nitriles is 1. The average molecular weight is 343 g/mol. The van der Waals surface area contributed by atoms with E-state index in [0.717, 1.165) is 30.6 Å². The Morgan fingerprint density at radius 3 is 2.68 bits per heavy atom. The third-order valence-corrected chi connectivity index (χ3v) is 4.95. The SMILES string of the molecule is Cc1ccc(N(CCC#N)C(=O)C(C)N2CCCC2CC(C)O)cc1. The molecule has 3 atom stereocenters. The van der Waals surface area contributed by atoms with Crippen LogP contribution in [0.5, 0.6) is 0 Å². The van der Waals surface area contributed by atoms with Gasteiger partial charge in [-0.05, 0) is 58.7 Å². The lowest BCUT2D eigenvalue weighted by Gasteiger charge is -2.34. The van der Waals surface area contributed by atoms with Crippen molar-refractivity contribution in [3.05, 3.63) is 29.8 Å². The van der Waals surface area contributed by atoms with Crippen LogP contribution in [0.4, 0.5) is 5.69 Å². The first-order valence-electron chi connectivity index (χ1n) is 9.13. The van der Waals surface area contributed by atoms with Crippen LogP contribution in [0.25, 0.3) is 0 Å². The quantitative estimate of drug-likeness (QED) is 0.826. The third-order valence-electron chi connectivity index (χ3n) is 4.95. The van der Waals surface area contributed by atoms with Crippen LogP contribution in [0, 0.1) is 18.3 Å². The first kappa shape index (κ1) is 19.4. The lowest BCUT2D eigenvalue weighted by atomic mass is 10.1. The number of nitrogens with zero attached hydrogens (tertiary/aromatic N) is 3. The highest BCUT2D eigenvalue weighted by Gasteiger charge is 2.34. The molecule has 1 fully saturated rings. The number of carbonyl (C=O) groups is 1. The van der Waals surface area contributed by atoms with Gasteiger partial charge in [0.25, 0.3) is 0 Å². The summed E-state index contributed by atoms with van der Waals surface area (Å²) in [6.07, 6.45) is 2.71. The van der Waals surface area contributed by atoms with Gasteiger partial charge in [-0.25, -0.2) is 0 Å². The van der Waals surface area contributed by atoms with E-state index in [1.165, 1.54) is 0 Å². The van der Waals surface area contributed by atoms with E-state index in [2.05, 4.69) is 11.0 Å². The number of hydrogen-bond acceptors (Lipinski definition) is 4. The fourth-order valence-corrected chi connectivity index (χ4v) is 3.64. The highest BCUT2D eigenvalue weighted by atomic mass is 16.3. The number of anilines is 1. The van der Waals surface area contributed by atoms with Crippen LogP contribution in [-0.2, 0) is 4.79 Å². The van der Waals surface area contributed by atoms with Crippen LogP contribution in [-0.4, -0.2) is 47.2 Å². The molecule has 2 rings (SSSR count). The van der Waals surface area contributed by atoms with Crippen molar-refractivity contribution in [1.82, 2.24) is 4.90 Å². The molecule has 5 nitrogen and oxygen atoms in total. The zero-order valence-corrected chi connectivity index (χ0v) is 15.5. The summed E-state index contributed by atoms with van der Waals surface area (Å²) in [5.41, 5.74) is 1.98. The van der Waals surface area contributed by atoms with Crippen LogP contribution < -0.4 is 4.90 Å². The molecule has 25 heavy (non-hydrogen) atoms. The van der Waals surface area contributed by atoms with E-state index in [0.29, 0.717) is 19.4 Å². The van der Waals surface area contributed by atoms with Crippen molar-refractivity contribution in [2.75, 3.05) is 18.0 Å². The fraction of sp³-hybridized carbons (Fsp3) is 0.600. The van der Waals surface area contributed by atoms with Gasteiger partial charge in [0.1, 0.15) is 0 Å². The summed E-state index contributed by atoms with van der Waals surface area (Å²) in [4.78, 5) is 17.1. The lowest BCUT2D eigenvalue weighted by molar-refractivity contribution is -0.123. The smallest absolute Gasteiger partial charge is 0.244 e. The number of rotatable bonds is 7. The molecule has 0 spiro atoms. The fourth-order valence-electron chi connectivity index (χ4n) is 3.64. The van der Waals surface area contributed by atoms with Gasteiger partial charge >= 0.3 is 0 Å². The molecule has 1 heterocycles. The predicted molar refractivity (Wildman–Crippen MR) is 99.2 cm³/mol. The van der Waals surface area contributed by atoms with Crippen LogP contribution in [0.2, 0.25) is 0 Å². The van der Waals surface area contributed by atoms with Gasteiger partial charge in [-0.1, -0.05) is 17.7 Å². The van der Waals surface area contributed by atoms with Crippen molar-refractivity contribution >= 4 is 11.6 Å². The minimum Gasteiger partial charge on any atom is -0.393 e. The van der Waals surface area contributed by atoms with Gasteiger partial charge in [0, 0.05) is 18.3 Å². The van der Waals surface area contributed by atoms with Crippen molar-refractivity contribution in [2.45, 2.75) is 64.6 Å². The third kappa shape index (κ3) is 5.04. The Morgan fingerprint density at radius 1 is 1.40 bits per heavy atom. The molecule has 1 aromatic rings. The molecule has 0 aromatic heterocycles. The minimum absolute atomic E-state index is 0.0246. The van der Waals surface area contributed by atoms with E-state index in [1.54, 1.807) is 11.8 Å². The molecule has 136 valence electrons. The molecule has 0 bridgehead atoms. The normalized spacial score (nSPS) is 20.0. The van der Waals surface area contributed by atoms with E-state index in [1.807, 2.05) is 38.1 Å². The Morgan fingerprint density at radius 2 is 2.08 bits per heavy atom. The summed E-state index contributed by atoms with van der Waals surface area (Å²) in [5, 5.41) is 18.7. The summed E-state index contributed by atoms with van der Waals surface area (Å²) >= 11 is 0. The van der Waals surface area contributed by atoms with Crippen molar-refractivity contribution in [3.8, 4) is 6.07 Å². The van der Waals surface area contributed by atoms with E-state index >= 15 is 0 Å². The molecule has 1 aromatic carbocycles. The Balaban J connectivity index is 2.17. The van der Waals surface area contributed by atoms with Gasteiger partial charge in [-0.2, -0.15) is 5.26 Å². The first-order valence-corrected chi connectivity index (χ1v) is 9.13. The van der Waals surface area contributed by atoms with E-state index < -0.39 is 0 Å². The standard InChI is InChI=1S/C20H29N3O2/c1-15-7-9-18(10-8-15)23(13-5-11-21)20(25)17(3)22-12-4-6-19(22)14-16(2)24/h7-10,16-17,19,24H,4-6,12-14H2,1-3H3. The van der Waals surface area contributed by atoms with Crippen LogP contribution in [0.3, 0.4) is 0 Å². The van der Waals surface area contributed by atoms with Gasteiger partial charge in [-0.3, -0.25) is 9.69 Å². The van der Waals surface area contributed by atoms with Crippen LogP contribution in [0.1, 0.15) is 45.1 Å². The highest BCUT2D eigenvalue weighted by molar-refractivity contribution is 5.97. The van der Waals surface area contributed by atoms with Crippen molar-refractivity contribution in [3.63, 3.8) is 0 Å². The zero-order chi connectivity index (χ0) is 18.4. The second-order valence-electron chi connectivity index (χ2n) is 7.03. The molecule has 1 N–H and O–H groups in total. The summed E-state index contributed by atoms with van der Waals surface area (Å²) in [6.45, 7) is 7.03. The van der Waals surface area contributed by atoms with E-state index in [-0.39, 0.29) is 24.1 Å². The first-order chi connectivity index (χ1) is 11.9. The second kappa shape index (κ2) is 8.98. The Bertz CT molecular complexity index is 606. The van der Waals surface area contributed by atoms with E-state index in [9.17, 15) is 9.90 Å². The monoisotopic (exact) mass is 343 g/mol. The average Bonchev–Trinajstić information content (AvgIpc) is 3.03. The number of amides is 1. The maximum Gasteiger partial charge on any atom is 0.244 e. The summed E-state index contributed by atoms with van der Waals surface area (Å²) in [7, 11) is 0. The van der Waals surface area contributed by atoms with Crippen molar-refractivity contribution in [1.29, 1.82) is 5.26 Å². The van der Waals surface area contributed by atoms with Crippen LogP contribution in [0.15, 0.2) is 24.3 Å². The summed E-state index contributed by atoms with van der Waals surface area (Å²) in [6, 6.07) is 9.97. The number of benzene rings is 1. The Kier molecular flexibility index (Phi) is 6.98. The second-order valence-corrected chi connectivity index (χ2v) is 7.03. The van der Waals surface area contributed by atoms with Crippen molar-refractivity contribution < 1.29 is 9.90 Å². The Labute approximate surface area is 150 Å². The van der Waals surface area contributed by atoms with Crippen molar-refractivity contribution in [2.24, 2.45) is 0 Å². The molecule has 1 aliphatic heterocycles. The van der Waals surface area contributed by atoms with E-state index in [4.69, 9.17) is 5.26 Å². The van der Waals surface area contributed by atoms with Gasteiger partial charge in [-0.15, -0.1) is 0 Å². The molecule has 0 saturated carbocycles. The molecule has 1 saturated heterocycles. The topological polar surface area (TPSA) is 67.6 Å². The van der Waals surface area contributed by atoms with Gasteiger partial charge in [0.05, 0.1) is 24.6 Å². The maximum absolute atomic E-state index is 13.2. The molecular weight excluding hydrogens is 314 g/mol. The summed E-state index contributed by atoms with van der Waals surface area (Å²) in [5.74, 6) is 0.0246. The number of likely N-dealkylation sites (tertiary alicyclic amines) is 1. The molecule has 5 heteroatoms. The predicted octanol–water partition coefficient (Wildman–Crippen LogP) is 2.87. The van der Waals surface area contributed by atoms with Gasteiger partial charge in [0.15, 0.2) is 0 Å². The highest BCUT2D eigenvalue weighted by Crippen LogP contribution is 2.26. The molecule has 0 radical (unpaired) electrons.